The van der Waals surface area contributed by atoms with Gasteiger partial charge < -0.3 is 5.32 Å². The van der Waals surface area contributed by atoms with Crippen LogP contribution in [0.4, 0.5) is 5.69 Å². The first-order valence-electron chi connectivity index (χ1n) is 6.20. The van der Waals surface area contributed by atoms with E-state index in [-0.39, 0.29) is 11.8 Å². The standard InChI is InChI=1S/C15H14Cl2N2O/c1-9(2)13-6-10(7-14(17)19-13)15(20)18-12-5-3-4-11(16)8-12/h3-9H,1-2H3,(H,18,20). The normalized spacial score (nSPS) is 10.7. The molecule has 1 aromatic heterocycles. The van der Waals surface area contributed by atoms with E-state index in [2.05, 4.69) is 10.3 Å². The maximum atomic E-state index is 12.2. The Morgan fingerprint density at radius 3 is 2.60 bits per heavy atom. The summed E-state index contributed by atoms with van der Waals surface area (Å²) >= 11 is 11.8. The molecule has 1 heterocycles. The topological polar surface area (TPSA) is 42.0 Å². The molecule has 2 aromatic rings. The van der Waals surface area contributed by atoms with Crippen molar-refractivity contribution in [2.24, 2.45) is 0 Å². The van der Waals surface area contributed by atoms with Crippen molar-refractivity contribution in [1.29, 1.82) is 0 Å². The van der Waals surface area contributed by atoms with Gasteiger partial charge in [-0.3, -0.25) is 4.79 Å². The number of pyridine rings is 1. The zero-order valence-electron chi connectivity index (χ0n) is 11.2. The fourth-order valence-corrected chi connectivity index (χ4v) is 2.12. The molecule has 0 aliphatic rings. The Kier molecular flexibility index (Phi) is 4.63. The number of nitrogens with zero attached hydrogens (tertiary/aromatic N) is 1. The second-order valence-electron chi connectivity index (χ2n) is 4.72. The van der Waals surface area contributed by atoms with Crippen molar-refractivity contribution in [1.82, 2.24) is 4.98 Å². The van der Waals surface area contributed by atoms with E-state index in [1.54, 1.807) is 36.4 Å². The van der Waals surface area contributed by atoms with Crippen molar-refractivity contribution in [3.63, 3.8) is 0 Å². The van der Waals surface area contributed by atoms with Gasteiger partial charge in [0, 0.05) is 22.0 Å². The van der Waals surface area contributed by atoms with Crippen LogP contribution >= 0.6 is 23.2 Å². The smallest absolute Gasteiger partial charge is 0.255 e. The van der Waals surface area contributed by atoms with E-state index in [4.69, 9.17) is 23.2 Å². The lowest BCUT2D eigenvalue weighted by atomic mass is 10.1. The predicted octanol–water partition coefficient (Wildman–Crippen LogP) is 4.76. The summed E-state index contributed by atoms with van der Waals surface area (Å²) in [5.41, 5.74) is 1.91. The molecule has 2 rings (SSSR count). The molecule has 0 fully saturated rings. The van der Waals surface area contributed by atoms with Crippen LogP contribution in [0.15, 0.2) is 36.4 Å². The molecular weight excluding hydrogens is 295 g/mol. The van der Waals surface area contributed by atoms with Crippen LogP contribution < -0.4 is 5.32 Å². The predicted molar refractivity (Wildman–Crippen MR) is 82.7 cm³/mol. The van der Waals surface area contributed by atoms with E-state index in [0.29, 0.717) is 21.4 Å². The van der Waals surface area contributed by atoms with Crippen molar-refractivity contribution in [3.05, 3.63) is 57.8 Å². The number of nitrogens with one attached hydrogen (secondary N) is 1. The van der Waals surface area contributed by atoms with E-state index >= 15 is 0 Å². The van der Waals surface area contributed by atoms with Gasteiger partial charge in [0.05, 0.1) is 0 Å². The fourth-order valence-electron chi connectivity index (χ4n) is 1.71. The summed E-state index contributed by atoms with van der Waals surface area (Å²) in [5, 5.41) is 3.66. The van der Waals surface area contributed by atoms with Crippen molar-refractivity contribution >= 4 is 34.8 Å². The average Bonchev–Trinajstić information content (AvgIpc) is 2.37. The van der Waals surface area contributed by atoms with Gasteiger partial charge in [-0.15, -0.1) is 0 Å². The molecule has 1 amide bonds. The van der Waals surface area contributed by atoms with Gasteiger partial charge in [0.1, 0.15) is 5.15 Å². The number of benzene rings is 1. The van der Waals surface area contributed by atoms with Crippen molar-refractivity contribution in [3.8, 4) is 0 Å². The number of amides is 1. The number of aromatic nitrogens is 1. The number of rotatable bonds is 3. The van der Waals surface area contributed by atoms with E-state index in [0.717, 1.165) is 5.69 Å². The molecular formula is C15H14Cl2N2O. The van der Waals surface area contributed by atoms with Crippen LogP contribution in [0.5, 0.6) is 0 Å². The Hall–Kier alpha value is -1.58. The molecule has 0 saturated heterocycles. The Bertz CT molecular complexity index is 642. The number of carbonyl (C=O) groups is 1. The highest BCUT2D eigenvalue weighted by atomic mass is 35.5. The van der Waals surface area contributed by atoms with Gasteiger partial charge in [-0.25, -0.2) is 4.98 Å². The van der Waals surface area contributed by atoms with Gasteiger partial charge in [-0.2, -0.15) is 0 Å². The van der Waals surface area contributed by atoms with Crippen LogP contribution in [-0.4, -0.2) is 10.9 Å². The molecule has 0 spiro atoms. The molecule has 0 aliphatic carbocycles. The lowest BCUT2D eigenvalue weighted by Gasteiger charge is -2.09. The number of anilines is 1. The molecule has 0 atom stereocenters. The Balaban J connectivity index is 2.25. The van der Waals surface area contributed by atoms with Crippen LogP contribution in [0.25, 0.3) is 0 Å². The largest absolute Gasteiger partial charge is 0.322 e. The summed E-state index contributed by atoms with van der Waals surface area (Å²) < 4.78 is 0. The van der Waals surface area contributed by atoms with Crippen molar-refractivity contribution in [2.75, 3.05) is 5.32 Å². The molecule has 0 radical (unpaired) electrons. The molecule has 1 aromatic carbocycles. The third-order valence-electron chi connectivity index (χ3n) is 2.75. The highest BCUT2D eigenvalue weighted by molar-refractivity contribution is 6.31. The first-order valence-corrected chi connectivity index (χ1v) is 6.95. The first-order chi connectivity index (χ1) is 9.45. The van der Waals surface area contributed by atoms with Crippen LogP contribution in [-0.2, 0) is 0 Å². The minimum atomic E-state index is -0.238. The monoisotopic (exact) mass is 308 g/mol. The second-order valence-corrected chi connectivity index (χ2v) is 5.55. The van der Waals surface area contributed by atoms with Crippen molar-refractivity contribution < 1.29 is 4.79 Å². The van der Waals surface area contributed by atoms with Gasteiger partial charge in [-0.05, 0) is 36.2 Å². The number of hydrogen-bond donors (Lipinski definition) is 1. The van der Waals surface area contributed by atoms with E-state index in [1.807, 2.05) is 13.8 Å². The Morgan fingerprint density at radius 2 is 1.95 bits per heavy atom. The minimum Gasteiger partial charge on any atom is -0.322 e. The zero-order chi connectivity index (χ0) is 14.7. The maximum absolute atomic E-state index is 12.2. The summed E-state index contributed by atoms with van der Waals surface area (Å²) in [4.78, 5) is 16.4. The fraction of sp³-hybridized carbons (Fsp3) is 0.200. The Morgan fingerprint density at radius 1 is 1.20 bits per heavy atom. The van der Waals surface area contributed by atoms with Crippen LogP contribution in [0.2, 0.25) is 10.2 Å². The molecule has 0 saturated carbocycles. The maximum Gasteiger partial charge on any atom is 0.255 e. The average molecular weight is 309 g/mol. The van der Waals surface area contributed by atoms with Crippen LogP contribution in [0, 0.1) is 0 Å². The Labute approximate surface area is 127 Å². The molecule has 0 unspecified atom stereocenters. The number of halogens is 2. The van der Waals surface area contributed by atoms with Gasteiger partial charge in [-0.1, -0.05) is 43.1 Å². The minimum absolute atomic E-state index is 0.200. The molecule has 0 aliphatic heterocycles. The van der Waals surface area contributed by atoms with E-state index < -0.39 is 0 Å². The molecule has 1 N–H and O–H groups in total. The van der Waals surface area contributed by atoms with Gasteiger partial charge in [0.25, 0.3) is 5.91 Å². The number of hydrogen-bond acceptors (Lipinski definition) is 2. The lowest BCUT2D eigenvalue weighted by Crippen LogP contribution is -2.13. The van der Waals surface area contributed by atoms with Crippen LogP contribution in [0.3, 0.4) is 0 Å². The molecule has 5 heteroatoms. The molecule has 3 nitrogen and oxygen atoms in total. The molecule has 0 bridgehead atoms. The number of carbonyl (C=O) groups excluding carboxylic acids is 1. The highest BCUT2D eigenvalue weighted by Crippen LogP contribution is 2.20. The summed E-state index contributed by atoms with van der Waals surface area (Å²) in [6, 6.07) is 10.3. The van der Waals surface area contributed by atoms with Crippen molar-refractivity contribution in [2.45, 2.75) is 19.8 Å². The SMILES string of the molecule is CC(C)c1cc(C(=O)Nc2cccc(Cl)c2)cc(Cl)n1. The summed E-state index contributed by atoms with van der Waals surface area (Å²) in [6.07, 6.45) is 0. The summed E-state index contributed by atoms with van der Waals surface area (Å²) in [7, 11) is 0. The second kappa shape index (κ2) is 6.25. The van der Waals surface area contributed by atoms with E-state index in [9.17, 15) is 4.79 Å². The summed E-state index contributed by atoms with van der Waals surface area (Å²) in [5.74, 6) is -0.0371. The zero-order valence-corrected chi connectivity index (χ0v) is 12.7. The lowest BCUT2D eigenvalue weighted by molar-refractivity contribution is 0.102. The summed E-state index contributed by atoms with van der Waals surface area (Å²) in [6.45, 7) is 3.99. The highest BCUT2D eigenvalue weighted by Gasteiger charge is 2.11. The first kappa shape index (κ1) is 14.8. The molecule has 20 heavy (non-hydrogen) atoms. The van der Waals surface area contributed by atoms with Gasteiger partial charge in [0.15, 0.2) is 0 Å². The third kappa shape index (κ3) is 3.71. The third-order valence-corrected chi connectivity index (χ3v) is 3.18. The van der Waals surface area contributed by atoms with Gasteiger partial charge in [0.2, 0.25) is 0 Å². The van der Waals surface area contributed by atoms with Crippen LogP contribution in [0.1, 0.15) is 35.8 Å². The molecule has 104 valence electrons. The van der Waals surface area contributed by atoms with E-state index in [1.165, 1.54) is 0 Å². The quantitative estimate of drug-likeness (QED) is 0.830. The van der Waals surface area contributed by atoms with Gasteiger partial charge >= 0.3 is 0 Å².